The lowest BCUT2D eigenvalue weighted by atomic mass is 10.1. The highest BCUT2D eigenvalue weighted by molar-refractivity contribution is 8.93. The maximum Gasteiger partial charge on any atom is 0.0786 e. The second kappa shape index (κ2) is 29.0. The summed E-state index contributed by atoms with van der Waals surface area (Å²) in [4.78, 5) is 0. The summed E-state index contributed by atoms with van der Waals surface area (Å²) in [7, 11) is 8.50. The van der Waals surface area contributed by atoms with Gasteiger partial charge in [-0.2, -0.15) is 0 Å². The molecule has 0 aliphatic rings. The number of hydrogen-bond acceptors (Lipinski definition) is 0. The molecule has 0 aromatic heterocycles. The van der Waals surface area contributed by atoms with Crippen molar-refractivity contribution >= 4 is 17.0 Å². The van der Waals surface area contributed by atoms with Crippen LogP contribution in [0.15, 0.2) is 0 Å². The molecule has 0 rings (SSSR count). The van der Waals surface area contributed by atoms with Crippen LogP contribution in [0.25, 0.3) is 0 Å². The summed E-state index contributed by atoms with van der Waals surface area (Å²) < 4.78 is 2.47. The summed E-state index contributed by atoms with van der Waals surface area (Å²) in [5.74, 6) is 0. The summed E-state index contributed by atoms with van der Waals surface area (Å²) in [6.45, 7) is 15.2. The molecule has 0 fully saturated rings. The van der Waals surface area contributed by atoms with E-state index in [1.165, 1.54) is 159 Å². The van der Waals surface area contributed by atoms with Crippen molar-refractivity contribution in [3.05, 3.63) is 0 Å². The van der Waals surface area contributed by atoms with Crippen LogP contribution in [0.1, 0.15) is 156 Å². The second-order valence-electron chi connectivity index (χ2n) is 12.6. The van der Waals surface area contributed by atoms with E-state index >= 15 is 0 Å². The standard InChI is InChI=1S/C28H60N.C4H12N.BrH/c1-5-9-13-17-21-25-29(26-22-18-14-10-6-2,27-23-19-15-11-7-3)28-24-20-16-12-8-4;1-5(2,3)4;/h5-28H2,1-4H3;1-4H3;1H/q2*+1;. The highest BCUT2D eigenvalue weighted by Gasteiger charge is 2.25. The van der Waals surface area contributed by atoms with Crippen molar-refractivity contribution in [1.29, 1.82) is 0 Å². The van der Waals surface area contributed by atoms with Crippen molar-refractivity contribution in [2.24, 2.45) is 0 Å². The van der Waals surface area contributed by atoms with E-state index in [-0.39, 0.29) is 17.0 Å². The first-order valence-corrected chi connectivity index (χ1v) is 15.9. The Morgan fingerprint density at radius 3 is 0.657 bits per heavy atom. The largest absolute Gasteiger partial charge is 0.333 e. The van der Waals surface area contributed by atoms with Gasteiger partial charge in [0.15, 0.2) is 0 Å². The number of halogens is 1. The van der Waals surface area contributed by atoms with Crippen molar-refractivity contribution in [2.45, 2.75) is 156 Å². The fourth-order valence-electron chi connectivity index (χ4n) is 4.87. The maximum atomic E-state index is 2.34. The zero-order valence-corrected chi connectivity index (χ0v) is 28.0. The van der Waals surface area contributed by atoms with Crippen LogP contribution in [0, 0.1) is 0 Å². The Balaban J connectivity index is -0.00000154. The first kappa shape index (κ1) is 39.9. The number of hydrogen-bond donors (Lipinski definition) is 0. The van der Waals surface area contributed by atoms with E-state index in [1.54, 1.807) is 0 Å². The van der Waals surface area contributed by atoms with E-state index in [0.717, 1.165) is 4.48 Å². The Morgan fingerprint density at radius 2 is 0.486 bits per heavy atom. The van der Waals surface area contributed by atoms with E-state index in [2.05, 4.69) is 55.9 Å². The van der Waals surface area contributed by atoms with Gasteiger partial charge in [-0.15, -0.1) is 17.0 Å². The molecule has 0 aliphatic carbocycles. The summed E-state index contributed by atoms with van der Waals surface area (Å²) >= 11 is 0. The molecule has 2 nitrogen and oxygen atoms in total. The number of quaternary nitrogens is 2. The minimum atomic E-state index is 0. The van der Waals surface area contributed by atoms with Crippen molar-refractivity contribution in [3.63, 3.8) is 0 Å². The Hall–Kier alpha value is 0.400. The molecule has 0 radical (unpaired) electrons. The molecule has 0 bridgehead atoms. The fraction of sp³-hybridized carbons (Fsp3) is 1.00. The third-order valence-electron chi connectivity index (χ3n) is 6.94. The van der Waals surface area contributed by atoms with Crippen LogP contribution in [0.3, 0.4) is 0 Å². The zero-order chi connectivity index (χ0) is 26.0. The molecule has 3 heteroatoms. The SMILES string of the molecule is Br.CCCCCCC[N+](CCCCCCC)(CCCCCCC)CCCCCCC.C[N+](C)(C)C. The van der Waals surface area contributed by atoms with E-state index in [0.29, 0.717) is 0 Å². The predicted octanol–water partition coefficient (Wildman–Crippen LogP) is 10.6. The summed E-state index contributed by atoms with van der Waals surface area (Å²) in [5.41, 5.74) is 0. The second-order valence-corrected chi connectivity index (χ2v) is 12.6. The molecule has 35 heavy (non-hydrogen) atoms. The smallest absolute Gasteiger partial charge is 0.0786 e. The highest BCUT2D eigenvalue weighted by Crippen LogP contribution is 2.20. The third-order valence-corrected chi connectivity index (χ3v) is 6.94. The molecule has 0 amide bonds. The minimum absolute atomic E-state index is 0. The summed E-state index contributed by atoms with van der Waals surface area (Å²) in [6.07, 6.45) is 28.8. The van der Waals surface area contributed by atoms with Gasteiger partial charge in [0.2, 0.25) is 0 Å². The van der Waals surface area contributed by atoms with E-state index in [1.807, 2.05) is 0 Å². The molecule has 0 aromatic carbocycles. The van der Waals surface area contributed by atoms with Crippen molar-refractivity contribution < 1.29 is 8.97 Å². The lowest BCUT2D eigenvalue weighted by Gasteiger charge is -2.39. The summed E-state index contributed by atoms with van der Waals surface area (Å²) in [5, 5.41) is 0. The van der Waals surface area contributed by atoms with Crippen LogP contribution in [0.5, 0.6) is 0 Å². The molecular formula is C32H73BrN2+2. The number of rotatable bonds is 24. The first-order valence-electron chi connectivity index (χ1n) is 15.9. The predicted molar refractivity (Wildman–Crippen MR) is 169 cm³/mol. The molecule has 0 aromatic rings. The molecule has 0 spiro atoms. The van der Waals surface area contributed by atoms with Crippen LogP contribution >= 0.6 is 17.0 Å². The summed E-state index contributed by atoms with van der Waals surface area (Å²) in [6, 6.07) is 0. The normalized spacial score (nSPS) is 11.7. The first-order chi connectivity index (χ1) is 16.2. The highest BCUT2D eigenvalue weighted by atomic mass is 79.9. The topological polar surface area (TPSA) is 0 Å². The van der Waals surface area contributed by atoms with Gasteiger partial charge in [0.25, 0.3) is 0 Å². The Bertz CT molecular complexity index is 311. The lowest BCUT2D eigenvalue weighted by molar-refractivity contribution is -0.929. The quantitative estimate of drug-likeness (QED) is 0.0806. The van der Waals surface area contributed by atoms with Crippen LogP contribution in [0.2, 0.25) is 0 Å². The van der Waals surface area contributed by atoms with Gasteiger partial charge in [0, 0.05) is 0 Å². The third kappa shape index (κ3) is 34.4. The van der Waals surface area contributed by atoms with Gasteiger partial charge in [0.1, 0.15) is 0 Å². The Morgan fingerprint density at radius 1 is 0.314 bits per heavy atom. The average molecular weight is 566 g/mol. The van der Waals surface area contributed by atoms with Crippen molar-refractivity contribution in [3.8, 4) is 0 Å². The van der Waals surface area contributed by atoms with Gasteiger partial charge >= 0.3 is 0 Å². The molecule has 0 heterocycles. The van der Waals surface area contributed by atoms with Gasteiger partial charge in [0.05, 0.1) is 54.4 Å². The molecule has 216 valence electrons. The molecular weight excluding hydrogens is 492 g/mol. The average Bonchev–Trinajstić information content (AvgIpc) is 2.77. The van der Waals surface area contributed by atoms with E-state index in [9.17, 15) is 0 Å². The molecule has 0 atom stereocenters. The fourth-order valence-corrected chi connectivity index (χ4v) is 4.87. The zero-order valence-electron chi connectivity index (χ0n) is 26.3. The van der Waals surface area contributed by atoms with Gasteiger partial charge in [-0.05, 0) is 51.4 Å². The van der Waals surface area contributed by atoms with Crippen LogP contribution in [-0.2, 0) is 0 Å². The van der Waals surface area contributed by atoms with Crippen molar-refractivity contribution in [2.75, 3.05) is 54.4 Å². The van der Waals surface area contributed by atoms with Crippen LogP contribution in [-0.4, -0.2) is 63.3 Å². The number of nitrogens with zero attached hydrogens (tertiary/aromatic N) is 2. The molecule has 0 N–H and O–H groups in total. The van der Waals surface area contributed by atoms with Crippen LogP contribution < -0.4 is 0 Å². The van der Waals surface area contributed by atoms with Gasteiger partial charge in [-0.1, -0.05) is 105 Å². The van der Waals surface area contributed by atoms with Gasteiger partial charge < -0.3 is 8.97 Å². The maximum absolute atomic E-state index is 2.34. The lowest BCUT2D eigenvalue weighted by Crippen LogP contribution is -2.50. The number of unbranched alkanes of at least 4 members (excludes halogenated alkanes) is 16. The van der Waals surface area contributed by atoms with Gasteiger partial charge in [-0.25, -0.2) is 0 Å². The molecule has 0 saturated heterocycles. The Kier molecular flexibility index (Phi) is 33.0. The Labute approximate surface area is 236 Å². The molecule has 0 saturated carbocycles. The van der Waals surface area contributed by atoms with Crippen molar-refractivity contribution in [1.82, 2.24) is 0 Å². The monoisotopic (exact) mass is 564 g/mol. The van der Waals surface area contributed by atoms with E-state index < -0.39 is 0 Å². The van der Waals surface area contributed by atoms with E-state index in [4.69, 9.17) is 0 Å². The van der Waals surface area contributed by atoms with Gasteiger partial charge in [-0.3, -0.25) is 0 Å². The minimum Gasteiger partial charge on any atom is -0.333 e. The molecule has 0 unspecified atom stereocenters. The van der Waals surface area contributed by atoms with Crippen LogP contribution in [0.4, 0.5) is 0 Å². The molecule has 0 aliphatic heterocycles.